The molecule has 92 valence electrons. The fourth-order valence-corrected chi connectivity index (χ4v) is 2.67. The van der Waals surface area contributed by atoms with Crippen LogP contribution < -0.4 is 5.73 Å². The molecule has 0 aliphatic carbocycles. The maximum absolute atomic E-state index is 5.67. The van der Waals surface area contributed by atoms with E-state index in [-0.39, 0.29) is 0 Å². The van der Waals surface area contributed by atoms with E-state index in [1.54, 1.807) is 11.3 Å². The van der Waals surface area contributed by atoms with Crippen molar-refractivity contribution in [2.24, 2.45) is 5.73 Å². The van der Waals surface area contributed by atoms with E-state index in [2.05, 4.69) is 39.7 Å². The van der Waals surface area contributed by atoms with Gasteiger partial charge in [-0.2, -0.15) is 0 Å². The lowest BCUT2D eigenvalue weighted by atomic mass is 10.2. The van der Waals surface area contributed by atoms with E-state index in [4.69, 9.17) is 5.73 Å². The van der Waals surface area contributed by atoms with Crippen LogP contribution in [-0.2, 0) is 13.1 Å². The van der Waals surface area contributed by atoms with Crippen LogP contribution in [-0.4, -0.2) is 14.5 Å². The lowest BCUT2D eigenvalue weighted by Crippen LogP contribution is -1.98. The van der Waals surface area contributed by atoms with Crippen molar-refractivity contribution in [1.82, 2.24) is 14.5 Å². The summed E-state index contributed by atoms with van der Waals surface area (Å²) in [6.07, 6.45) is 0. The lowest BCUT2D eigenvalue weighted by Gasteiger charge is -2.03. The van der Waals surface area contributed by atoms with Gasteiger partial charge in [-0.05, 0) is 24.6 Å². The first-order valence-corrected chi connectivity index (χ1v) is 6.85. The number of aromatic nitrogens is 3. The summed E-state index contributed by atoms with van der Waals surface area (Å²) in [7, 11) is 0. The number of nitrogens with two attached hydrogens (primary N) is 1. The van der Waals surface area contributed by atoms with E-state index in [9.17, 15) is 0 Å². The first-order chi connectivity index (χ1) is 8.83. The molecule has 1 aromatic carbocycles. The number of hydrogen-bond donors (Lipinski definition) is 1. The monoisotopic (exact) mass is 258 g/mol. The van der Waals surface area contributed by atoms with Crippen LogP contribution in [0.25, 0.3) is 22.6 Å². The van der Waals surface area contributed by atoms with Crippen LogP contribution >= 0.6 is 11.3 Å². The number of benzene rings is 1. The summed E-state index contributed by atoms with van der Waals surface area (Å²) in [5.74, 6) is 0.933. The number of nitrogens with zero attached hydrogens (tertiary/aromatic N) is 3. The Labute approximate surface area is 109 Å². The molecule has 0 fully saturated rings. The molecule has 2 heterocycles. The Bertz CT molecular complexity index is 670. The van der Waals surface area contributed by atoms with Crippen molar-refractivity contribution in [1.29, 1.82) is 0 Å². The number of aryl methyl sites for hydroxylation is 1. The Kier molecular flexibility index (Phi) is 2.85. The number of rotatable bonds is 3. The second kappa shape index (κ2) is 4.51. The van der Waals surface area contributed by atoms with Crippen molar-refractivity contribution >= 4 is 22.4 Å². The molecule has 0 radical (unpaired) electrons. The van der Waals surface area contributed by atoms with Gasteiger partial charge >= 0.3 is 0 Å². The molecule has 0 atom stereocenters. The zero-order valence-corrected chi connectivity index (χ0v) is 10.9. The number of fused-ring (bicyclic) bond motifs is 1. The van der Waals surface area contributed by atoms with Crippen LogP contribution in [0.3, 0.4) is 0 Å². The molecule has 4 nitrogen and oxygen atoms in total. The van der Waals surface area contributed by atoms with Gasteiger partial charge in [0.2, 0.25) is 0 Å². The van der Waals surface area contributed by atoms with Crippen molar-refractivity contribution < 1.29 is 0 Å². The van der Waals surface area contributed by atoms with Crippen LogP contribution in [0.4, 0.5) is 0 Å². The quantitative estimate of drug-likeness (QED) is 0.785. The first kappa shape index (κ1) is 11.4. The molecule has 0 aliphatic rings. The highest BCUT2D eigenvalue weighted by molar-refractivity contribution is 7.07. The van der Waals surface area contributed by atoms with Crippen LogP contribution in [0.2, 0.25) is 0 Å². The molecule has 3 aromatic rings. The second-order valence-electron chi connectivity index (χ2n) is 4.08. The summed E-state index contributed by atoms with van der Waals surface area (Å²) < 4.78 is 2.19. The molecule has 0 amide bonds. The van der Waals surface area contributed by atoms with Crippen LogP contribution in [0.15, 0.2) is 29.1 Å². The van der Waals surface area contributed by atoms with Crippen LogP contribution in [0, 0.1) is 0 Å². The highest BCUT2D eigenvalue weighted by atomic mass is 32.1. The van der Waals surface area contributed by atoms with Crippen molar-refractivity contribution in [3.8, 4) is 11.5 Å². The summed E-state index contributed by atoms with van der Waals surface area (Å²) in [5, 5.41) is 2.03. The maximum atomic E-state index is 5.67. The molecule has 2 aromatic heterocycles. The number of hydrogen-bond acceptors (Lipinski definition) is 4. The number of thiazole rings is 1. The fourth-order valence-electron chi connectivity index (χ4n) is 2.14. The third kappa shape index (κ3) is 1.72. The maximum Gasteiger partial charge on any atom is 0.160 e. The molecule has 0 bridgehead atoms. The average Bonchev–Trinajstić information content (AvgIpc) is 3.04. The smallest absolute Gasteiger partial charge is 0.160 e. The molecule has 0 saturated carbocycles. The molecule has 0 spiro atoms. The van der Waals surface area contributed by atoms with Gasteiger partial charge in [0.05, 0.1) is 16.5 Å². The van der Waals surface area contributed by atoms with Gasteiger partial charge in [-0.25, -0.2) is 9.97 Å². The van der Waals surface area contributed by atoms with Gasteiger partial charge in [0.1, 0.15) is 5.69 Å². The zero-order chi connectivity index (χ0) is 12.5. The van der Waals surface area contributed by atoms with E-state index in [1.165, 1.54) is 0 Å². The zero-order valence-electron chi connectivity index (χ0n) is 10.1. The average molecular weight is 258 g/mol. The van der Waals surface area contributed by atoms with Gasteiger partial charge in [0.15, 0.2) is 5.82 Å². The van der Waals surface area contributed by atoms with E-state index in [0.717, 1.165) is 34.7 Å². The fraction of sp³-hybridized carbons (Fsp3) is 0.231. The Morgan fingerprint density at radius 3 is 2.94 bits per heavy atom. The standard InChI is InChI=1S/C13H14N4S/c1-2-17-12-4-3-9(6-14)5-10(12)16-13(17)11-7-18-8-15-11/h3-5,7-8H,2,6,14H2,1H3. The highest BCUT2D eigenvalue weighted by Gasteiger charge is 2.12. The van der Waals surface area contributed by atoms with Crippen molar-refractivity contribution in [2.75, 3.05) is 0 Å². The van der Waals surface area contributed by atoms with E-state index in [0.29, 0.717) is 6.54 Å². The van der Waals surface area contributed by atoms with Crippen LogP contribution in [0.5, 0.6) is 0 Å². The number of imidazole rings is 1. The normalized spacial score (nSPS) is 11.2. The molecular formula is C13H14N4S. The minimum absolute atomic E-state index is 0.543. The third-order valence-corrected chi connectivity index (χ3v) is 3.61. The SMILES string of the molecule is CCn1c(-c2cscn2)nc2cc(CN)ccc21. The van der Waals surface area contributed by atoms with Gasteiger partial charge in [-0.1, -0.05) is 6.07 Å². The second-order valence-corrected chi connectivity index (χ2v) is 4.80. The van der Waals surface area contributed by atoms with Crippen molar-refractivity contribution in [3.05, 3.63) is 34.7 Å². The van der Waals surface area contributed by atoms with E-state index >= 15 is 0 Å². The van der Waals surface area contributed by atoms with Crippen LogP contribution in [0.1, 0.15) is 12.5 Å². The minimum Gasteiger partial charge on any atom is -0.326 e. The van der Waals surface area contributed by atoms with E-state index < -0.39 is 0 Å². The lowest BCUT2D eigenvalue weighted by molar-refractivity contribution is 0.794. The molecule has 3 rings (SSSR count). The summed E-state index contributed by atoms with van der Waals surface area (Å²) in [6.45, 7) is 3.54. The summed E-state index contributed by atoms with van der Waals surface area (Å²) in [4.78, 5) is 9.03. The van der Waals surface area contributed by atoms with Gasteiger partial charge in [-0.3, -0.25) is 0 Å². The largest absolute Gasteiger partial charge is 0.326 e. The molecule has 0 aliphatic heterocycles. The van der Waals surface area contributed by atoms with Crippen molar-refractivity contribution in [3.63, 3.8) is 0 Å². The summed E-state index contributed by atoms with van der Waals surface area (Å²) >= 11 is 1.59. The Hall–Kier alpha value is -1.72. The summed E-state index contributed by atoms with van der Waals surface area (Å²) in [6, 6.07) is 6.20. The Morgan fingerprint density at radius 2 is 2.28 bits per heavy atom. The molecule has 0 saturated heterocycles. The van der Waals surface area contributed by atoms with Crippen molar-refractivity contribution in [2.45, 2.75) is 20.0 Å². The first-order valence-electron chi connectivity index (χ1n) is 5.91. The molecule has 2 N–H and O–H groups in total. The molecule has 18 heavy (non-hydrogen) atoms. The topological polar surface area (TPSA) is 56.7 Å². The van der Waals surface area contributed by atoms with Gasteiger partial charge in [0.25, 0.3) is 0 Å². The summed E-state index contributed by atoms with van der Waals surface area (Å²) in [5.41, 5.74) is 11.7. The molecule has 5 heteroatoms. The minimum atomic E-state index is 0.543. The Morgan fingerprint density at radius 1 is 1.39 bits per heavy atom. The van der Waals surface area contributed by atoms with E-state index in [1.807, 2.05) is 10.9 Å². The highest BCUT2D eigenvalue weighted by Crippen LogP contribution is 2.25. The van der Waals surface area contributed by atoms with Gasteiger partial charge in [0, 0.05) is 18.5 Å². The predicted molar refractivity (Wildman–Crippen MR) is 74.4 cm³/mol. The predicted octanol–water partition coefficient (Wildman–Crippen LogP) is 2.64. The van der Waals surface area contributed by atoms with Gasteiger partial charge < -0.3 is 10.3 Å². The Balaban J connectivity index is 2.26. The third-order valence-electron chi connectivity index (χ3n) is 3.03. The van der Waals surface area contributed by atoms with Gasteiger partial charge in [-0.15, -0.1) is 11.3 Å². The molecular weight excluding hydrogens is 244 g/mol. The molecule has 0 unspecified atom stereocenters.